The number of nitrogens with one attached hydrogen (secondary N) is 1. The van der Waals surface area contributed by atoms with Gasteiger partial charge in [-0.05, 0) is 61.4 Å². The van der Waals surface area contributed by atoms with Gasteiger partial charge in [0.1, 0.15) is 0 Å². The molecule has 0 aromatic heterocycles. The molecule has 2 aromatic carbocycles. The Kier molecular flexibility index (Phi) is 5.02. The fourth-order valence-electron chi connectivity index (χ4n) is 3.09. The van der Waals surface area contributed by atoms with E-state index in [1.165, 1.54) is 36.0 Å². The lowest BCUT2D eigenvalue weighted by atomic mass is 9.90. The Morgan fingerprint density at radius 1 is 0.955 bits per heavy atom. The molecular weight excluding hydrogens is 270 g/mol. The zero-order chi connectivity index (χ0) is 15.2. The molecule has 0 heterocycles. The van der Waals surface area contributed by atoms with Gasteiger partial charge in [-0.3, -0.25) is 4.79 Å². The van der Waals surface area contributed by atoms with Crippen LogP contribution in [0.15, 0.2) is 48.5 Å². The van der Waals surface area contributed by atoms with E-state index in [4.69, 9.17) is 0 Å². The van der Waals surface area contributed by atoms with Gasteiger partial charge in [-0.15, -0.1) is 0 Å². The first-order chi connectivity index (χ1) is 10.8. The van der Waals surface area contributed by atoms with E-state index in [2.05, 4.69) is 29.6 Å². The van der Waals surface area contributed by atoms with Crippen molar-refractivity contribution in [3.8, 4) is 0 Å². The Labute approximate surface area is 132 Å². The fourth-order valence-corrected chi connectivity index (χ4v) is 3.09. The summed E-state index contributed by atoms with van der Waals surface area (Å²) < 4.78 is 0. The van der Waals surface area contributed by atoms with Crippen LogP contribution in [0.5, 0.6) is 0 Å². The van der Waals surface area contributed by atoms with Gasteiger partial charge in [0.05, 0.1) is 6.54 Å². The first kappa shape index (κ1) is 15.0. The molecule has 2 aromatic rings. The van der Waals surface area contributed by atoms with Crippen LogP contribution in [0.1, 0.15) is 39.9 Å². The summed E-state index contributed by atoms with van der Waals surface area (Å²) in [4.78, 5) is 12.3. The van der Waals surface area contributed by atoms with Crippen LogP contribution in [-0.2, 0) is 19.3 Å². The van der Waals surface area contributed by atoms with Crippen molar-refractivity contribution in [1.29, 1.82) is 0 Å². The standard InChI is InChI=1S/C20H23NO/c22-20(15-21-13-12-16-6-2-1-3-7-16)19-11-10-17-8-4-5-9-18(17)14-19/h1-3,6-7,10-11,14,21H,4-5,8-9,12-13,15H2. The van der Waals surface area contributed by atoms with Gasteiger partial charge in [0.25, 0.3) is 0 Å². The molecule has 0 saturated heterocycles. The van der Waals surface area contributed by atoms with Gasteiger partial charge < -0.3 is 5.32 Å². The molecule has 1 aliphatic carbocycles. The van der Waals surface area contributed by atoms with Crippen molar-refractivity contribution in [3.63, 3.8) is 0 Å². The molecule has 0 aliphatic heterocycles. The van der Waals surface area contributed by atoms with Crippen molar-refractivity contribution < 1.29 is 4.79 Å². The Morgan fingerprint density at radius 3 is 2.55 bits per heavy atom. The molecule has 2 nitrogen and oxygen atoms in total. The molecular formula is C20H23NO. The van der Waals surface area contributed by atoms with Gasteiger partial charge in [0, 0.05) is 5.56 Å². The lowest BCUT2D eigenvalue weighted by Crippen LogP contribution is -2.25. The highest BCUT2D eigenvalue weighted by atomic mass is 16.1. The van der Waals surface area contributed by atoms with E-state index in [-0.39, 0.29) is 5.78 Å². The zero-order valence-electron chi connectivity index (χ0n) is 13.0. The molecule has 2 heteroatoms. The minimum Gasteiger partial charge on any atom is -0.309 e. The number of Topliss-reactive ketones (excluding diaryl/α,β-unsaturated/α-hetero) is 1. The van der Waals surface area contributed by atoms with E-state index in [1.807, 2.05) is 24.3 Å². The predicted octanol–water partition coefficient (Wildman–Crippen LogP) is 3.58. The summed E-state index contributed by atoms with van der Waals surface area (Å²) in [6, 6.07) is 16.6. The highest BCUT2D eigenvalue weighted by Crippen LogP contribution is 2.22. The average Bonchev–Trinajstić information content (AvgIpc) is 2.59. The molecule has 3 rings (SSSR count). The summed E-state index contributed by atoms with van der Waals surface area (Å²) in [5.74, 6) is 0.196. The second kappa shape index (κ2) is 7.37. The maximum absolute atomic E-state index is 12.3. The third kappa shape index (κ3) is 3.83. The van der Waals surface area contributed by atoms with Crippen molar-refractivity contribution in [2.24, 2.45) is 0 Å². The molecule has 0 radical (unpaired) electrons. The lowest BCUT2D eigenvalue weighted by Gasteiger charge is -2.16. The Balaban J connectivity index is 1.49. The van der Waals surface area contributed by atoms with Gasteiger partial charge >= 0.3 is 0 Å². The highest BCUT2D eigenvalue weighted by molar-refractivity contribution is 5.97. The monoisotopic (exact) mass is 293 g/mol. The van der Waals surface area contributed by atoms with Crippen LogP contribution in [0.25, 0.3) is 0 Å². The van der Waals surface area contributed by atoms with Gasteiger partial charge in [-0.25, -0.2) is 0 Å². The molecule has 1 N–H and O–H groups in total. The van der Waals surface area contributed by atoms with Crippen molar-refractivity contribution in [2.45, 2.75) is 32.1 Å². The number of carbonyl (C=O) groups excluding carboxylic acids is 1. The minimum absolute atomic E-state index is 0.196. The Bertz CT molecular complexity index is 633. The highest BCUT2D eigenvalue weighted by Gasteiger charge is 2.12. The number of rotatable bonds is 6. The van der Waals surface area contributed by atoms with Crippen molar-refractivity contribution in [3.05, 3.63) is 70.8 Å². The predicted molar refractivity (Wildman–Crippen MR) is 90.4 cm³/mol. The molecule has 0 fully saturated rings. The number of ketones is 1. The number of fused-ring (bicyclic) bond motifs is 1. The van der Waals surface area contributed by atoms with E-state index in [0.717, 1.165) is 24.9 Å². The first-order valence-electron chi connectivity index (χ1n) is 8.22. The van der Waals surface area contributed by atoms with Crippen LogP contribution in [0.4, 0.5) is 0 Å². The van der Waals surface area contributed by atoms with Gasteiger partial charge in [-0.1, -0.05) is 42.5 Å². The molecule has 0 unspecified atom stereocenters. The smallest absolute Gasteiger partial charge is 0.176 e. The zero-order valence-corrected chi connectivity index (χ0v) is 13.0. The SMILES string of the molecule is O=C(CNCCc1ccccc1)c1ccc2c(c1)CCCC2. The normalized spacial score (nSPS) is 13.6. The lowest BCUT2D eigenvalue weighted by molar-refractivity contribution is 0.0991. The molecule has 22 heavy (non-hydrogen) atoms. The third-order valence-corrected chi connectivity index (χ3v) is 4.39. The van der Waals surface area contributed by atoms with Crippen molar-refractivity contribution >= 4 is 5.78 Å². The molecule has 114 valence electrons. The second-order valence-corrected chi connectivity index (χ2v) is 6.03. The summed E-state index contributed by atoms with van der Waals surface area (Å²) >= 11 is 0. The van der Waals surface area contributed by atoms with E-state index in [0.29, 0.717) is 6.54 Å². The Hall–Kier alpha value is -1.93. The quantitative estimate of drug-likeness (QED) is 0.651. The Morgan fingerprint density at radius 2 is 1.73 bits per heavy atom. The topological polar surface area (TPSA) is 29.1 Å². The van der Waals surface area contributed by atoms with E-state index in [1.54, 1.807) is 0 Å². The van der Waals surface area contributed by atoms with Gasteiger partial charge in [-0.2, -0.15) is 0 Å². The summed E-state index contributed by atoms with van der Waals surface area (Å²) in [6.45, 7) is 1.26. The van der Waals surface area contributed by atoms with Crippen LogP contribution >= 0.6 is 0 Å². The molecule has 0 bridgehead atoms. The summed E-state index contributed by atoms with van der Waals surface area (Å²) in [6.07, 6.45) is 5.77. The summed E-state index contributed by atoms with van der Waals surface area (Å²) in [5, 5.41) is 3.26. The number of hydrogen-bond acceptors (Lipinski definition) is 2. The van der Waals surface area contributed by atoms with Crippen LogP contribution < -0.4 is 5.32 Å². The minimum atomic E-state index is 0.196. The van der Waals surface area contributed by atoms with Crippen LogP contribution in [-0.4, -0.2) is 18.9 Å². The maximum atomic E-state index is 12.3. The molecule has 0 amide bonds. The molecule has 1 aliphatic rings. The number of aryl methyl sites for hydroxylation is 2. The summed E-state index contributed by atoms with van der Waals surface area (Å²) in [5.41, 5.74) is 4.96. The molecule has 0 spiro atoms. The first-order valence-corrected chi connectivity index (χ1v) is 8.22. The molecule has 0 saturated carbocycles. The number of hydrogen-bond donors (Lipinski definition) is 1. The van der Waals surface area contributed by atoms with Crippen molar-refractivity contribution in [1.82, 2.24) is 5.32 Å². The number of benzene rings is 2. The largest absolute Gasteiger partial charge is 0.309 e. The van der Waals surface area contributed by atoms with Crippen LogP contribution in [0, 0.1) is 0 Å². The summed E-state index contributed by atoms with van der Waals surface area (Å²) in [7, 11) is 0. The van der Waals surface area contributed by atoms with Crippen LogP contribution in [0.2, 0.25) is 0 Å². The fraction of sp³-hybridized carbons (Fsp3) is 0.350. The van der Waals surface area contributed by atoms with Crippen molar-refractivity contribution in [2.75, 3.05) is 13.1 Å². The average molecular weight is 293 g/mol. The number of carbonyl (C=O) groups is 1. The van der Waals surface area contributed by atoms with E-state index >= 15 is 0 Å². The van der Waals surface area contributed by atoms with Crippen LogP contribution in [0.3, 0.4) is 0 Å². The van der Waals surface area contributed by atoms with E-state index in [9.17, 15) is 4.79 Å². The maximum Gasteiger partial charge on any atom is 0.176 e. The van der Waals surface area contributed by atoms with Gasteiger partial charge in [0.15, 0.2) is 5.78 Å². The second-order valence-electron chi connectivity index (χ2n) is 6.03. The molecule has 0 atom stereocenters. The third-order valence-electron chi connectivity index (χ3n) is 4.39. The van der Waals surface area contributed by atoms with Gasteiger partial charge in [0.2, 0.25) is 0 Å². The van der Waals surface area contributed by atoms with E-state index < -0.39 is 0 Å².